The number of alkyl carbamates (subject to hydrolysis) is 1. The highest BCUT2D eigenvalue weighted by Gasteiger charge is 2.56. The van der Waals surface area contributed by atoms with E-state index < -0.39 is 41.0 Å². The van der Waals surface area contributed by atoms with Crippen LogP contribution in [0.4, 0.5) is 10.5 Å². The molecule has 1 unspecified atom stereocenters. The molecule has 180 valence electrons. The van der Waals surface area contributed by atoms with Crippen molar-refractivity contribution < 1.29 is 23.9 Å². The lowest BCUT2D eigenvalue weighted by atomic mass is 9.80. The van der Waals surface area contributed by atoms with Crippen LogP contribution in [0, 0.1) is 11.3 Å². The molecule has 1 aromatic rings. The molecule has 0 bridgehead atoms. The summed E-state index contributed by atoms with van der Waals surface area (Å²) in [5.41, 5.74) is -0.319. The minimum atomic E-state index is -1.05. The normalized spacial score (nSPS) is 27.6. The summed E-state index contributed by atoms with van der Waals surface area (Å²) in [7, 11) is 0. The van der Waals surface area contributed by atoms with Crippen molar-refractivity contribution in [1.82, 2.24) is 15.5 Å². The van der Waals surface area contributed by atoms with E-state index in [2.05, 4.69) is 22.0 Å². The Bertz CT molecular complexity index is 1070. The average Bonchev–Trinajstić information content (AvgIpc) is 3.44. The van der Waals surface area contributed by atoms with E-state index >= 15 is 0 Å². The summed E-state index contributed by atoms with van der Waals surface area (Å²) in [6, 6.07) is 7.55. The molecule has 3 aliphatic rings. The quantitative estimate of drug-likeness (QED) is 0.564. The number of nitrogens with one attached hydrogen (secondary N) is 3. The first-order valence-electron chi connectivity index (χ1n) is 11.5. The number of amides is 4. The zero-order valence-corrected chi connectivity index (χ0v) is 19.5. The summed E-state index contributed by atoms with van der Waals surface area (Å²) in [5.74, 6) is -1.99. The number of fused-ring (bicyclic) bond motifs is 2. The lowest BCUT2D eigenvalue weighted by molar-refractivity contribution is -0.146. The Balaban J connectivity index is 1.44. The minimum absolute atomic E-state index is 0.0510. The molecule has 1 aliphatic carbocycles. The van der Waals surface area contributed by atoms with Gasteiger partial charge in [0.25, 0.3) is 0 Å². The molecule has 1 spiro atoms. The second-order valence-electron chi connectivity index (χ2n) is 10.1. The Morgan fingerprint density at radius 1 is 1.18 bits per heavy atom. The standard InChI is InChI=1S/C24H29N5O5/c1-23(2,3)34-22(33)28-18-10-6-9-17(18)26-19(30)20(31)29-13-24(11-14(29)12-25)15-7-4-5-8-16(15)27-21(24)32/h4-5,7-8,14,17-18H,6,9-11,13H2,1-3H3,(H,26,30)(H,27,32)(H,28,33)/t14-,17?,18-,24-/m0/s1. The first kappa shape index (κ1) is 23.5. The summed E-state index contributed by atoms with van der Waals surface area (Å²) >= 11 is 0. The van der Waals surface area contributed by atoms with E-state index in [1.54, 1.807) is 45.0 Å². The number of rotatable bonds is 2. The van der Waals surface area contributed by atoms with Gasteiger partial charge < -0.3 is 25.6 Å². The van der Waals surface area contributed by atoms with Crippen molar-refractivity contribution >= 4 is 29.5 Å². The van der Waals surface area contributed by atoms with Crippen LogP contribution < -0.4 is 16.0 Å². The number of carbonyl (C=O) groups is 4. The average molecular weight is 468 g/mol. The van der Waals surface area contributed by atoms with Gasteiger partial charge in [0.2, 0.25) is 5.91 Å². The third kappa shape index (κ3) is 4.30. The van der Waals surface area contributed by atoms with Gasteiger partial charge in [0.1, 0.15) is 11.6 Å². The molecule has 1 aromatic carbocycles. The maximum atomic E-state index is 13.1. The second kappa shape index (κ2) is 8.63. The monoisotopic (exact) mass is 467 g/mol. The van der Waals surface area contributed by atoms with E-state index in [0.29, 0.717) is 18.5 Å². The zero-order valence-electron chi connectivity index (χ0n) is 19.5. The van der Waals surface area contributed by atoms with Crippen molar-refractivity contribution in [3.63, 3.8) is 0 Å². The third-order valence-electron chi connectivity index (χ3n) is 6.62. The van der Waals surface area contributed by atoms with Crippen LogP contribution in [-0.2, 0) is 24.5 Å². The lowest BCUT2D eigenvalue weighted by Crippen LogP contribution is -2.54. The molecule has 10 heteroatoms. The zero-order chi connectivity index (χ0) is 24.7. The van der Waals surface area contributed by atoms with Gasteiger partial charge in [-0.05, 0) is 51.7 Å². The Labute approximate surface area is 198 Å². The fraction of sp³-hybridized carbons (Fsp3) is 0.542. The molecular weight excluding hydrogens is 438 g/mol. The summed E-state index contributed by atoms with van der Waals surface area (Å²) in [6.07, 6.45) is 1.55. The van der Waals surface area contributed by atoms with Crippen molar-refractivity contribution in [3.8, 4) is 6.07 Å². The fourth-order valence-corrected chi connectivity index (χ4v) is 5.09. The van der Waals surface area contributed by atoms with Crippen molar-refractivity contribution in [2.24, 2.45) is 0 Å². The fourth-order valence-electron chi connectivity index (χ4n) is 5.09. The number of benzene rings is 1. The molecule has 4 amide bonds. The van der Waals surface area contributed by atoms with E-state index in [4.69, 9.17) is 4.74 Å². The van der Waals surface area contributed by atoms with Crippen LogP contribution in [0.15, 0.2) is 24.3 Å². The van der Waals surface area contributed by atoms with Gasteiger partial charge in [-0.1, -0.05) is 18.2 Å². The van der Waals surface area contributed by atoms with Crippen LogP contribution in [0.25, 0.3) is 0 Å². The van der Waals surface area contributed by atoms with Gasteiger partial charge >= 0.3 is 17.9 Å². The molecular formula is C24H29N5O5. The number of nitriles is 1. The molecule has 10 nitrogen and oxygen atoms in total. The van der Waals surface area contributed by atoms with Crippen LogP contribution >= 0.6 is 0 Å². The molecule has 4 atom stereocenters. The van der Waals surface area contributed by atoms with Crippen molar-refractivity contribution in [2.75, 3.05) is 11.9 Å². The highest BCUT2D eigenvalue weighted by molar-refractivity contribution is 6.35. The van der Waals surface area contributed by atoms with Gasteiger partial charge in [-0.15, -0.1) is 0 Å². The maximum Gasteiger partial charge on any atom is 0.407 e. The highest BCUT2D eigenvalue weighted by atomic mass is 16.6. The SMILES string of the molecule is CC(C)(C)OC(=O)N[C@H]1CCCC1NC(=O)C(=O)N1C[C@]2(C[C@H]1C#N)C(=O)Nc1ccccc12. The van der Waals surface area contributed by atoms with E-state index in [1.807, 2.05) is 0 Å². The maximum absolute atomic E-state index is 13.1. The molecule has 2 fully saturated rings. The Kier molecular flexibility index (Phi) is 5.98. The second-order valence-corrected chi connectivity index (χ2v) is 10.1. The van der Waals surface area contributed by atoms with E-state index in [-0.39, 0.29) is 24.9 Å². The predicted octanol–water partition coefficient (Wildman–Crippen LogP) is 1.56. The molecule has 2 aliphatic heterocycles. The molecule has 0 radical (unpaired) electrons. The number of nitrogens with zero attached hydrogens (tertiary/aromatic N) is 2. The molecule has 34 heavy (non-hydrogen) atoms. The number of para-hydroxylation sites is 1. The van der Waals surface area contributed by atoms with Gasteiger partial charge in [-0.2, -0.15) is 5.26 Å². The molecule has 1 saturated heterocycles. The molecule has 2 heterocycles. The summed E-state index contributed by atoms with van der Waals surface area (Å²) in [5, 5.41) is 18.0. The van der Waals surface area contributed by atoms with Gasteiger partial charge in [0, 0.05) is 24.7 Å². The number of anilines is 1. The Hall–Kier alpha value is -3.61. The predicted molar refractivity (Wildman–Crippen MR) is 121 cm³/mol. The largest absolute Gasteiger partial charge is 0.444 e. The first-order valence-corrected chi connectivity index (χ1v) is 11.5. The van der Waals surface area contributed by atoms with Gasteiger partial charge in [-0.3, -0.25) is 14.4 Å². The highest BCUT2D eigenvalue weighted by Crippen LogP contribution is 2.46. The minimum Gasteiger partial charge on any atom is -0.444 e. The van der Waals surface area contributed by atoms with Crippen molar-refractivity contribution in [3.05, 3.63) is 29.8 Å². The van der Waals surface area contributed by atoms with Crippen LogP contribution in [-0.4, -0.2) is 59.0 Å². The number of likely N-dealkylation sites (tertiary alicyclic amines) is 1. The van der Waals surface area contributed by atoms with E-state index in [9.17, 15) is 24.4 Å². The Morgan fingerprint density at radius 2 is 1.85 bits per heavy atom. The number of carbonyl (C=O) groups excluding carboxylic acids is 4. The van der Waals surface area contributed by atoms with Crippen molar-refractivity contribution in [1.29, 1.82) is 5.26 Å². The third-order valence-corrected chi connectivity index (χ3v) is 6.62. The summed E-state index contributed by atoms with van der Waals surface area (Å²) in [4.78, 5) is 52.2. The van der Waals surface area contributed by atoms with Crippen LogP contribution in [0.3, 0.4) is 0 Å². The Morgan fingerprint density at radius 3 is 2.53 bits per heavy atom. The van der Waals surface area contributed by atoms with Crippen molar-refractivity contribution in [2.45, 2.75) is 75.6 Å². The summed E-state index contributed by atoms with van der Waals surface area (Å²) < 4.78 is 5.29. The summed E-state index contributed by atoms with van der Waals surface area (Å²) in [6.45, 7) is 5.23. The van der Waals surface area contributed by atoms with E-state index in [0.717, 1.165) is 12.0 Å². The number of ether oxygens (including phenoxy) is 1. The lowest BCUT2D eigenvalue weighted by Gasteiger charge is -2.26. The topological polar surface area (TPSA) is 141 Å². The van der Waals surface area contributed by atoms with Gasteiger partial charge in [-0.25, -0.2) is 4.79 Å². The van der Waals surface area contributed by atoms with Crippen LogP contribution in [0.5, 0.6) is 0 Å². The van der Waals surface area contributed by atoms with Crippen LogP contribution in [0.1, 0.15) is 52.0 Å². The first-order chi connectivity index (χ1) is 16.0. The van der Waals surface area contributed by atoms with Crippen LogP contribution in [0.2, 0.25) is 0 Å². The molecule has 1 saturated carbocycles. The number of hydrogen-bond acceptors (Lipinski definition) is 6. The van der Waals surface area contributed by atoms with Gasteiger partial charge in [0.05, 0.1) is 17.5 Å². The molecule has 3 N–H and O–H groups in total. The smallest absolute Gasteiger partial charge is 0.407 e. The molecule has 0 aromatic heterocycles. The van der Waals surface area contributed by atoms with Gasteiger partial charge in [0.15, 0.2) is 0 Å². The van der Waals surface area contributed by atoms with E-state index in [1.165, 1.54) is 4.90 Å². The molecule has 4 rings (SSSR count). The number of hydrogen-bond donors (Lipinski definition) is 3.